The van der Waals surface area contributed by atoms with Crippen molar-refractivity contribution in [3.8, 4) is 11.4 Å². The third-order valence-corrected chi connectivity index (χ3v) is 5.46. The van der Waals surface area contributed by atoms with E-state index in [0.717, 1.165) is 24.1 Å². The molecule has 2 heterocycles. The summed E-state index contributed by atoms with van der Waals surface area (Å²) in [6.07, 6.45) is 1.74. The molecule has 30 heavy (non-hydrogen) atoms. The molecule has 4 rings (SSSR count). The maximum atomic E-state index is 12.8. The van der Waals surface area contributed by atoms with Crippen LogP contribution in [0.5, 0.6) is 5.75 Å². The number of likely N-dealkylation sites (tertiary alicyclic amines) is 1. The van der Waals surface area contributed by atoms with Gasteiger partial charge in [0.1, 0.15) is 11.6 Å². The van der Waals surface area contributed by atoms with E-state index >= 15 is 0 Å². The Morgan fingerprint density at radius 3 is 2.73 bits per heavy atom. The molecule has 3 aromatic rings. The molecule has 1 fully saturated rings. The third kappa shape index (κ3) is 4.15. The molecule has 1 aromatic heterocycles. The molecule has 0 aliphatic carbocycles. The van der Waals surface area contributed by atoms with E-state index in [-0.39, 0.29) is 24.1 Å². The fourth-order valence-electron chi connectivity index (χ4n) is 3.92. The maximum absolute atomic E-state index is 12.8. The van der Waals surface area contributed by atoms with E-state index in [2.05, 4.69) is 5.10 Å². The van der Waals surface area contributed by atoms with E-state index in [1.165, 1.54) is 4.68 Å². The molecular formula is C23H26N4O3. The van der Waals surface area contributed by atoms with Crippen molar-refractivity contribution >= 4 is 5.91 Å². The van der Waals surface area contributed by atoms with Gasteiger partial charge in [0, 0.05) is 26.1 Å². The van der Waals surface area contributed by atoms with Gasteiger partial charge < -0.3 is 9.64 Å². The number of aromatic nitrogens is 3. The number of ether oxygens (including phenoxy) is 1. The van der Waals surface area contributed by atoms with Gasteiger partial charge in [0.05, 0.1) is 5.69 Å². The lowest BCUT2D eigenvalue weighted by molar-refractivity contribution is -0.134. The molecule has 0 radical (unpaired) electrons. The van der Waals surface area contributed by atoms with Crippen molar-refractivity contribution in [2.24, 2.45) is 7.05 Å². The van der Waals surface area contributed by atoms with Crippen molar-refractivity contribution in [3.05, 3.63) is 76.5 Å². The molecule has 0 bridgehead atoms. The van der Waals surface area contributed by atoms with E-state index < -0.39 is 0 Å². The Balaban J connectivity index is 1.50. The summed E-state index contributed by atoms with van der Waals surface area (Å²) < 4.78 is 8.71. The number of rotatable bonds is 5. The summed E-state index contributed by atoms with van der Waals surface area (Å²) >= 11 is 0. The molecule has 7 nitrogen and oxygen atoms in total. The highest BCUT2D eigenvalue weighted by atomic mass is 16.5. The summed E-state index contributed by atoms with van der Waals surface area (Å²) in [6.45, 7) is 3.21. The monoisotopic (exact) mass is 406 g/mol. The van der Waals surface area contributed by atoms with Crippen LogP contribution in [0.2, 0.25) is 0 Å². The molecule has 0 N–H and O–H groups in total. The lowest BCUT2D eigenvalue weighted by atomic mass is 9.97. The fraction of sp³-hybridized carbons (Fsp3) is 0.348. The van der Waals surface area contributed by atoms with Gasteiger partial charge in [-0.1, -0.05) is 30.3 Å². The predicted molar refractivity (Wildman–Crippen MR) is 114 cm³/mol. The van der Waals surface area contributed by atoms with Crippen LogP contribution < -0.4 is 10.4 Å². The number of nitrogens with zero attached hydrogens (tertiary/aromatic N) is 4. The molecule has 0 saturated carbocycles. The van der Waals surface area contributed by atoms with Crippen LogP contribution in [0.1, 0.15) is 30.1 Å². The molecule has 0 spiro atoms. The van der Waals surface area contributed by atoms with E-state index in [1.54, 1.807) is 11.6 Å². The second-order valence-electron chi connectivity index (χ2n) is 7.72. The van der Waals surface area contributed by atoms with Crippen molar-refractivity contribution in [2.75, 3.05) is 19.7 Å². The Hall–Kier alpha value is -3.35. The van der Waals surface area contributed by atoms with Crippen molar-refractivity contribution in [1.82, 2.24) is 19.2 Å². The summed E-state index contributed by atoms with van der Waals surface area (Å²) in [4.78, 5) is 27.3. The van der Waals surface area contributed by atoms with E-state index in [9.17, 15) is 9.59 Å². The van der Waals surface area contributed by atoms with E-state index in [1.807, 2.05) is 66.4 Å². The Morgan fingerprint density at radius 2 is 1.97 bits per heavy atom. The largest absolute Gasteiger partial charge is 0.484 e. The van der Waals surface area contributed by atoms with Crippen LogP contribution in [-0.4, -0.2) is 44.9 Å². The quantitative estimate of drug-likeness (QED) is 0.653. The number of piperidine rings is 1. The number of carbonyl (C=O) groups is 1. The first-order valence-electron chi connectivity index (χ1n) is 10.2. The lowest BCUT2D eigenvalue weighted by Crippen LogP contribution is -2.42. The highest BCUT2D eigenvalue weighted by molar-refractivity contribution is 5.78. The van der Waals surface area contributed by atoms with Crippen molar-refractivity contribution in [2.45, 2.75) is 25.7 Å². The van der Waals surface area contributed by atoms with Gasteiger partial charge >= 0.3 is 5.69 Å². The molecule has 156 valence electrons. The normalized spacial score (nSPS) is 16.5. The van der Waals surface area contributed by atoms with Crippen LogP contribution in [0.15, 0.2) is 59.4 Å². The number of carbonyl (C=O) groups excluding carboxylic acids is 1. The summed E-state index contributed by atoms with van der Waals surface area (Å²) in [5, 5.41) is 4.51. The first-order chi connectivity index (χ1) is 14.5. The molecule has 1 saturated heterocycles. The number of amides is 1. The second kappa shape index (κ2) is 8.57. The third-order valence-electron chi connectivity index (χ3n) is 5.46. The Labute approximate surface area is 175 Å². The molecular weight excluding hydrogens is 380 g/mol. The van der Waals surface area contributed by atoms with Crippen LogP contribution in [-0.2, 0) is 11.8 Å². The molecule has 1 atom stereocenters. The minimum Gasteiger partial charge on any atom is -0.484 e. The van der Waals surface area contributed by atoms with Crippen LogP contribution in [0, 0.1) is 6.92 Å². The van der Waals surface area contributed by atoms with Gasteiger partial charge in [-0.25, -0.2) is 14.0 Å². The number of hydrogen-bond donors (Lipinski definition) is 0. The summed E-state index contributed by atoms with van der Waals surface area (Å²) in [5.74, 6) is 1.34. The van der Waals surface area contributed by atoms with Gasteiger partial charge in [-0.2, -0.15) is 5.10 Å². The Bertz CT molecular complexity index is 1090. The number of benzene rings is 2. The standard InChI is InChI=1S/C23H26N4O3/c1-17-8-6-12-20(14-17)30-16-21(28)26-13-7-9-18(15-26)22-24-25(2)23(29)27(22)19-10-4-3-5-11-19/h3-6,8,10-12,14,18H,7,9,13,15-16H2,1-2H3. The zero-order valence-corrected chi connectivity index (χ0v) is 17.3. The van der Waals surface area contributed by atoms with Crippen LogP contribution in [0.4, 0.5) is 0 Å². The molecule has 7 heteroatoms. The van der Waals surface area contributed by atoms with Gasteiger partial charge in [0.25, 0.3) is 5.91 Å². The van der Waals surface area contributed by atoms with Crippen LogP contribution in [0.25, 0.3) is 5.69 Å². The van der Waals surface area contributed by atoms with Crippen molar-refractivity contribution in [3.63, 3.8) is 0 Å². The van der Waals surface area contributed by atoms with Gasteiger partial charge in [-0.3, -0.25) is 4.79 Å². The summed E-state index contributed by atoms with van der Waals surface area (Å²) in [7, 11) is 1.66. The molecule has 1 unspecified atom stereocenters. The van der Waals surface area contributed by atoms with Gasteiger partial charge in [-0.05, 0) is 49.6 Å². The highest BCUT2D eigenvalue weighted by Crippen LogP contribution is 2.26. The first-order valence-corrected chi connectivity index (χ1v) is 10.2. The minimum absolute atomic E-state index is 0.00385. The number of aryl methyl sites for hydroxylation is 2. The first kappa shape index (κ1) is 19.9. The van der Waals surface area contributed by atoms with Crippen LogP contribution in [0.3, 0.4) is 0 Å². The summed E-state index contributed by atoms with van der Waals surface area (Å²) in [6, 6.07) is 17.2. The predicted octanol–water partition coefficient (Wildman–Crippen LogP) is 2.66. The van der Waals surface area contributed by atoms with Crippen molar-refractivity contribution < 1.29 is 9.53 Å². The van der Waals surface area contributed by atoms with Crippen molar-refractivity contribution in [1.29, 1.82) is 0 Å². The molecule has 1 aliphatic heterocycles. The second-order valence-corrected chi connectivity index (χ2v) is 7.72. The zero-order chi connectivity index (χ0) is 21.1. The number of para-hydroxylation sites is 1. The van der Waals surface area contributed by atoms with Gasteiger partial charge in [0.15, 0.2) is 6.61 Å². The Morgan fingerprint density at radius 1 is 1.17 bits per heavy atom. The lowest BCUT2D eigenvalue weighted by Gasteiger charge is -2.32. The van der Waals surface area contributed by atoms with E-state index in [0.29, 0.717) is 24.7 Å². The minimum atomic E-state index is -0.178. The smallest absolute Gasteiger partial charge is 0.350 e. The SMILES string of the molecule is Cc1cccc(OCC(=O)N2CCCC(c3nn(C)c(=O)n3-c3ccccc3)C2)c1. The van der Waals surface area contributed by atoms with Gasteiger partial charge in [0.2, 0.25) is 0 Å². The highest BCUT2D eigenvalue weighted by Gasteiger charge is 2.29. The summed E-state index contributed by atoms with van der Waals surface area (Å²) in [5.41, 5.74) is 1.70. The van der Waals surface area contributed by atoms with Crippen LogP contribution >= 0.6 is 0 Å². The zero-order valence-electron chi connectivity index (χ0n) is 17.3. The maximum Gasteiger partial charge on any atom is 0.350 e. The molecule has 2 aromatic carbocycles. The number of hydrogen-bond acceptors (Lipinski definition) is 4. The molecule has 1 aliphatic rings. The van der Waals surface area contributed by atoms with E-state index in [4.69, 9.17) is 4.74 Å². The average Bonchev–Trinajstić information content (AvgIpc) is 3.07. The Kier molecular flexibility index (Phi) is 5.70. The fourth-order valence-corrected chi connectivity index (χ4v) is 3.92. The molecule has 1 amide bonds. The van der Waals surface area contributed by atoms with Gasteiger partial charge in [-0.15, -0.1) is 0 Å². The average molecular weight is 406 g/mol. The topological polar surface area (TPSA) is 69.4 Å².